The molecule has 0 saturated heterocycles. The molecule has 0 saturated carbocycles. The number of benzene rings is 1. The van der Waals surface area contributed by atoms with Gasteiger partial charge in [-0.05, 0) is 30.9 Å². The smallest absolute Gasteiger partial charge is 0.303 e. The summed E-state index contributed by atoms with van der Waals surface area (Å²) in [6, 6.07) is 2.82. The second kappa shape index (κ2) is 6.18. The van der Waals surface area contributed by atoms with Crippen LogP contribution in [0.15, 0.2) is 12.1 Å². The van der Waals surface area contributed by atoms with Crippen LogP contribution in [0.2, 0.25) is 0 Å². The van der Waals surface area contributed by atoms with Crippen molar-refractivity contribution in [2.75, 3.05) is 7.11 Å². The van der Waals surface area contributed by atoms with Crippen LogP contribution in [-0.2, 0) is 11.2 Å². The molecule has 0 unspecified atom stereocenters. The molecule has 0 heterocycles. The minimum absolute atomic E-state index is 0.0419. The Morgan fingerprint density at radius 1 is 1.29 bits per heavy atom. The van der Waals surface area contributed by atoms with E-state index in [2.05, 4.69) is 4.74 Å². The standard InChI is InChI=1S/C12H14F2O3/c1-17-9-7-6-8(11(13)12(9)14)4-2-3-5-10(15)16/h6-7H,2-5H2,1H3,(H,15,16). The molecule has 1 aromatic carbocycles. The van der Waals surface area contributed by atoms with Gasteiger partial charge < -0.3 is 9.84 Å². The molecule has 94 valence electrons. The number of hydrogen-bond donors (Lipinski definition) is 1. The number of carbonyl (C=O) groups is 1. The molecular weight excluding hydrogens is 230 g/mol. The van der Waals surface area contributed by atoms with E-state index in [9.17, 15) is 13.6 Å². The molecule has 0 aliphatic rings. The van der Waals surface area contributed by atoms with Crippen molar-refractivity contribution >= 4 is 5.97 Å². The van der Waals surface area contributed by atoms with E-state index >= 15 is 0 Å². The third kappa shape index (κ3) is 3.69. The van der Waals surface area contributed by atoms with Gasteiger partial charge in [0, 0.05) is 6.42 Å². The summed E-state index contributed by atoms with van der Waals surface area (Å²) in [7, 11) is 1.27. The summed E-state index contributed by atoms with van der Waals surface area (Å²) in [6.45, 7) is 0. The van der Waals surface area contributed by atoms with E-state index < -0.39 is 17.6 Å². The molecule has 0 fully saturated rings. The lowest BCUT2D eigenvalue weighted by atomic mass is 10.1. The van der Waals surface area contributed by atoms with Crippen molar-refractivity contribution in [1.82, 2.24) is 0 Å². The molecule has 0 spiro atoms. The van der Waals surface area contributed by atoms with Gasteiger partial charge >= 0.3 is 5.97 Å². The number of unbranched alkanes of at least 4 members (excludes halogenated alkanes) is 1. The molecule has 1 aromatic rings. The molecule has 17 heavy (non-hydrogen) atoms. The molecule has 1 rings (SSSR count). The zero-order chi connectivity index (χ0) is 12.8. The van der Waals surface area contributed by atoms with Gasteiger partial charge in [-0.1, -0.05) is 6.07 Å². The highest BCUT2D eigenvalue weighted by atomic mass is 19.2. The summed E-state index contributed by atoms with van der Waals surface area (Å²) in [5.41, 5.74) is 0.244. The maximum Gasteiger partial charge on any atom is 0.303 e. The first kappa shape index (κ1) is 13.4. The molecule has 0 aromatic heterocycles. The van der Waals surface area contributed by atoms with Crippen LogP contribution in [0.4, 0.5) is 8.78 Å². The van der Waals surface area contributed by atoms with Crippen molar-refractivity contribution in [3.8, 4) is 5.75 Å². The fourth-order valence-corrected chi connectivity index (χ4v) is 1.51. The summed E-state index contributed by atoms with van der Waals surface area (Å²) < 4.78 is 31.4. The van der Waals surface area contributed by atoms with E-state index in [0.29, 0.717) is 19.3 Å². The predicted octanol–water partition coefficient (Wildman–Crippen LogP) is 2.77. The summed E-state index contributed by atoms with van der Waals surface area (Å²) in [6.07, 6.45) is 1.32. The average Bonchev–Trinajstić information content (AvgIpc) is 2.29. The molecule has 0 atom stereocenters. The van der Waals surface area contributed by atoms with Crippen LogP contribution in [-0.4, -0.2) is 18.2 Å². The van der Waals surface area contributed by atoms with Crippen molar-refractivity contribution < 1.29 is 23.4 Å². The Morgan fingerprint density at radius 2 is 2.00 bits per heavy atom. The van der Waals surface area contributed by atoms with Gasteiger partial charge in [0.2, 0.25) is 5.82 Å². The number of rotatable bonds is 6. The van der Waals surface area contributed by atoms with Crippen molar-refractivity contribution in [2.45, 2.75) is 25.7 Å². The number of hydrogen-bond acceptors (Lipinski definition) is 2. The summed E-state index contributed by atoms with van der Waals surface area (Å²) in [5, 5.41) is 8.43. The zero-order valence-electron chi connectivity index (χ0n) is 9.50. The van der Waals surface area contributed by atoms with Crippen LogP contribution in [0.3, 0.4) is 0 Å². The van der Waals surface area contributed by atoms with E-state index in [1.54, 1.807) is 0 Å². The Hall–Kier alpha value is -1.65. The number of carboxylic acids is 1. The van der Waals surface area contributed by atoms with Gasteiger partial charge in [0.05, 0.1) is 7.11 Å². The Labute approximate surface area is 98.0 Å². The van der Waals surface area contributed by atoms with Gasteiger partial charge in [-0.25, -0.2) is 4.39 Å². The Kier molecular flexibility index (Phi) is 4.87. The fraction of sp³-hybridized carbons (Fsp3) is 0.417. The van der Waals surface area contributed by atoms with Crippen LogP contribution < -0.4 is 4.74 Å². The molecule has 1 N–H and O–H groups in total. The van der Waals surface area contributed by atoms with Crippen LogP contribution >= 0.6 is 0 Å². The second-order valence-corrected chi connectivity index (χ2v) is 3.66. The minimum atomic E-state index is -0.997. The maximum atomic E-state index is 13.5. The summed E-state index contributed by atoms with van der Waals surface area (Å²) in [4.78, 5) is 10.3. The number of halogens is 2. The number of aryl methyl sites for hydroxylation is 1. The minimum Gasteiger partial charge on any atom is -0.494 e. The van der Waals surface area contributed by atoms with E-state index in [1.807, 2.05) is 0 Å². The van der Waals surface area contributed by atoms with Gasteiger partial charge in [0.25, 0.3) is 0 Å². The van der Waals surface area contributed by atoms with E-state index in [1.165, 1.54) is 19.2 Å². The molecule has 0 bridgehead atoms. The molecule has 0 radical (unpaired) electrons. The van der Waals surface area contributed by atoms with Gasteiger partial charge in [-0.15, -0.1) is 0 Å². The Bertz CT molecular complexity index is 405. The summed E-state index contributed by atoms with van der Waals surface area (Å²) >= 11 is 0. The maximum absolute atomic E-state index is 13.5. The lowest BCUT2D eigenvalue weighted by Gasteiger charge is -2.07. The highest BCUT2D eigenvalue weighted by Gasteiger charge is 2.13. The van der Waals surface area contributed by atoms with Crippen molar-refractivity contribution in [3.63, 3.8) is 0 Å². The van der Waals surface area contributed by atoms with Gasteiger partial charge in [0.1, 0.15) is 0 Å². The SMILES string of the molecule is COc1ccc(CCCCC(=O)O)c(F)c1F. The van der Waals surface area contributed by atoms with Gasteiger partial charge in [-0.3, -0.25) is 4.79 Å². The number of aliphatic carboxylic acids is 1. The highest BCUT2D eigenvalue weighted by molar-refractivity contribution is 5.66. The summed E-state index contributed by atoms with van der Waals surface area (Å²) in [5.74, 6) is -2.92. The first-order chi connectivity index (χ1) is 8.06. The molecular formula is C12H14F2O3. The van der Waals surface area contributed by atoms with Gasteiger partial charge in [-0.2, -0.15) is 4.39 Å². The van der Waals surface area contributed by atoms with Gasteiger partial charge in [0.15, 0.2) is 11.6 Å². The first-order valence-electron chi connectivity index (χ1n) is 5.29. The lowest BCUT2D eigenvalue weighted by molar-refractivity contribution is -0.137. The lowest BCUT2D eigenvalue weighted by Crippen LogP contribution is -1.99. The highest BCUT2D eigenvalue weighted by Crippen LogP contribution is 2.23. The topological polar surface area (TPSA) is 46.5 Å². The third-order valence-electron chi connectivity index (χ3n) is 2.43. The van der Waals surface area contributed by atoms with Crippen LogP contribution in [0.25, 0.3) is 0 Å². The molecule has 0 amide bonds. The first-order valence-corrected chi connectivity index (χ1v) is 5.29. The normalized spacial score (nSPS) is 10.3. The van der Waals surface area contributed by atoms with Crippen molar-refractivity contribution in [1.29, 1.82) is 0 Å². The van der Waals surface area contributed by atoms with E-state index in [-0.39, 0.29) is 17.7 Å². The molecule has 3 nitrogen and oxygen atoms in total. The predicted molar refractivity (Wildman–Crippen MR) is 58.1 cm³/mol. The second-order valence-electron chi connectivity index (χ2n) is 3.66. The number of ether oxygens (including phenoxy) is 1. The zero-order valence-corrected chi connectivity index (χ0v) is 9.50. The fourth-order valence-electron chi connectivity index (χ4n) is 1.51. The van der Waals surface area contributed by atoms with Crippen LogP contribution in [0.5, 0.6) is 5.75 Å². The quantitative estimate of drug-likeness (QED) is 0.783. The van der Waals surface area contributed by atoms with Crippen molar-refractivity contribution in [2.24, 2.45) is 0 Å². The number of carboxylic acid groups (broad SMARTS) is 1. The number of methoxy groups -OCH3 is 1. The van der Waals surface area contributed by atoms with Crippen molar-refractivity contribution in [3.05, 3.63) is 29.3 Å². The Morgan fingerprint density at radius 3 is 2.59 bits per heavy atom. The largest absolute Gasteiger partial charge is 0.494 e. The van der Waals surface area contributed by atoms with Crippen LogP contribution in [0.1, 0.15) is 24.8 Å². The van der Waals surface area contributed by atoms with Crippen LogP contribution in [0, 0.1) is 11.6 Å². The molecule has 0 aliphatic carbocycles. The third-order valence-corrected chi connectivity index (χ3v) is 2.43. The average molecular weight is 244 g/mol. The molecule has 5 heteroatoms. The Balaban J connectivity index is 2.60. The molecule has 0 aliphatic heterocycles. The van der Waals surface area contributed by atoms with E-state index in [0.717, 1.165) is 0 Å². The monoisotopic (exact) mass is 244 g/mol. The van der Waals surface area contributed by atoms with E-state index in [4.69, 9.17) is 5.11 Å².